The van der Waals surface area contributed by atoms with Crippen molar-refractivity contribution in [3.8, 4) is 0 Å². The Bertz CT molecular complexity index is 858. The van der Waals surface area contributed by atoms with Gasteiger partial charge in [0.25, 0.3) is 5.91 Å². The molecule has 1 aromatic heterocycles. The van der Waals surface area contributed by atoms with Crippen molar-refractivity contribution in [2.75, 3.05) is 19.0 Å². The molecule has 0 aliphatic carbocycles. The van der Waals surface area contributed by atoms with E-state index in [1.807, 2.05) is 5.38 Å². The van der Waals surface area contributed by atoms with E-state index in [0.29, 0.717) is 0 Å². The molecule has 0 unspecified atom stereocenters. The van der Waals surface area contributed by atoms with Crippen molar-refractivity contribution in [3.05, 3.63) is 33.7 Å². The van der Waals surface area contributed by atoms with Crippen molar-refractivity contribution in [3.63, 3.8) is 0 Å². The van der Waals surface area contributed by atoms with Gasteiger partial charge in [0.2, 0.25) is 5.91 Å². The van der Waals surface area contributed by atoms with Crippen LogP contribution in [0.15, 0.2) is 28.8 Å². The first-order chi connectivity index (χ1) is 13.3. The van der Waals surface area contributed by atoms with Gasteiger partial charge in [-0.15, -0.1) is 23.1 Å². The summed E-state index contributed by atoms with van der Waals surface area (Å²) in [7, 11) is 0. The zero-order valence-corrected chi connectivity index (χ0v) is 19.4. The number of aliphatic carboxylic acids is 1. The van der Waals surface area contributed by atoms with Gasteiger partial charge < -0.3 is 25.1 Å². The van der Waals surface area contributed by atoms with E-state index in [-0.39, 0.29) is 59.6 Å². The maximum absolute atomic E-state index is 12.8. The molecule has 2 aliphatic rings. The van der Waals surface area contributed by atoms with Crippen molar-refractivity contribution in [2.45, 2.75) is 24.3 Å². The number of carbonyl (C=O) groups excluding carboxylic acids is 4. The van der Waals surface area contributed by atoms with Crippen LogP contribution in [-0.2, 0) is 30.3 Å². The Kier molecular flexibility index (Phi) is 7.93. The number of thioether (sulfide) groups is 1. The van der Waals surface area contributed by atoms with E-state index in [9.17, 15) is 29.4 Å². The summed E-state index contributed by atoms with van der Waals surface area (Å²) in [5, 5.41) is 25.1. The number of β-lactam (4-membered cyclic amide) rings is 1. The number of nitrogens with one attached hydrogen (secondary N) is 1. The third-order valence-corrected chi connectivity index (χ3v) is 6.74. The van der Waals surface area contributed by atoms with E-state index in [0.717, 1.165) is 9.78 Å². The summed E-state index contributed by atoms with van der Waals surface area (Å²) in [6.07, 6.45) is 0.0466. The smallest absolute Gasteiger partial charge is 0.543 e. The Balaban J connectivity index is 0.00000300. The Hall–Kier alpha value is -1.37. The minimum atomic E-state index is -1.60. The zero-order chi connectivity index (χ0) is 20.5. The molecule has 29 heavy (non-hydrogen) atoms. The minimum Gasteiger partial charge on any atom is -0.543 e. The molecule has 2 N–H and O–H groups in total. The van der Waals surface area contributed by atoms with E-state index in [1.54, 1.807) is 12.1 Å². The SMILES string of the molecule is CC(=O)OCC1=C(C(=O)[O-])N2C(=O)[C@@](CO)(NC(=O)Cc3cccs3)[C@H]2SC1.[Na+]. The van der Waals surface area contributed by atoms with E-state index in [4.69, 9.17) is 4.74 Å². The van der Waals surface area contributed by atoms with Gasteiger partial charge in [0, 0.05) is 23.1 Å². The molecule has 0 spiro atoms. The fourth-order valence-electron chi connectivity index (χ4n) is 3.14. The molecule has 2 amide bonds. The topological polar surface area (TPSA) is 136 Å². The van der Waals surface area contributed by atoms with E-state index in [1.165, 1.54) is 30.0 Å². The number of aliphatic hydroxyl groups is 1. The molecular formula is C17H17N2NaO7S2. The van der Waals surface area contributed by atoms with Gasteiger partial charge in [0.15, 0.2) is 5.54 Å². The summed E-state index contributed by atoms with van der Waals surface area (Å²) in [6.45, 7) is 0.238. The number of amides is 2. The van der Waals surface area contributed by atoms with Gasteiger partial charge in [-0.1, -0.05) is 6.07 Å². The van der Waals surface area contributed by atoms with Crippen LogP contribution in [0.3, 0.4) is 0 Å². The molecule has 0 bridgehead atoms. The number of esters is 1. The molecule has 9 nitrogen and oxygen atoms in total. The molecule has 12 heteroatoms. The number of aliphatic hydroxyl groups excluding tert-OH is 1. The second-order valence-corrected chi connectivity index (χ2v) is 8.39. The zero-order valence-electron chi connectivity index (χ0n) is 15.8. The van der Waals surface area contributed by atoms with Crippen LogP contribution >= 0.6 is 23.1 Å². The number of nitrogens with zero attached hydrogens (tertiary/aromatic N) is 1. The summed E-state index contributed by atoms with van der Waals surface area (Å²) in [5.41, 5.74) is -1.76. The first-order valence-corrected chi connectivity index (χ1v) is 10.2. The molecule has 0 radical (unpaired) electrons. The number of hydrogen-bond acceptors (Lipinski definition) is 9. The third-order valence-electron chi connectivity index (χ3n) is 4.42. The van der Waals surface area contributed by atoms with Crippen molar-refractivity contribution >= 4 is 46.9 Å². The molecule has 0 aromatic carbocycles. The van der Waals surface area contributed by atoms with Crippen LogP contribution in [0.2, 0.25) is 0 Å². The van der Waals surface area contributed by atoms with Crippen molar-refractivity contribution in [1.29, 1.82) is 0 Å². The Morgan fingerprint density at radius 3 is 2.72 bits per heavy atom. The molecule has 1 aromatic rings. The Morgan fingerprint density at radius 1 is 1.45 bits per heavy atom. The number of carboxylic acid groups (broad SMARTS) is 1. The van der Waals surface area contributed by atoms with Crippen molar-refractivity contribution in [1.82, 2.24) is 10.2 Å². The number of thiophene rings is 1. The summed E-state index contributed by atoms with van der Waals surface area (Å²) in [4.78, 5) is 49.6. The van der Waals surface area contributed by atoms with Crippen LogP contribution < -0.4 is 40.0 Å². The quantitative estimate of drug-likeness (QED) is 0.243. The molecule has 1 saturated heterocycles. The van der Waals surface area contributed by atoms with Crippen LogP contribution in [0.1, 0.15) is 11.8 Å². The Morgan fingerprint density at radius 2 is 2.17 bits per heavy atom. The molecule has 150 valence electrons. The summed E-state index contributed by atoms with van der Waals surface area (Å²) < 4.78 is 4.85. The number of ether oxygens (including phenoxy) is 1. The molecule has 2 aliphatic heterocycles. The van der Waals surface area contributed by atoms with Crippen LogP contribution in [0, 0.1) is 0 Å². The second-order valence-electron chi connectivity index (χ2n) is 6.29. The summed E-state index contributed by atoms with van der Waals surface area (Å²) in [6, 6.07) is 3.57. The van der Waals surface area contributed by atoms with Gasteiger partial charge in [-0.25, -0.2) is 0 Å². The van der Waals surface area contributed by atoms with E-state index in [2.05, 4.69) is 5.32 Å². The third kappa shape index (κ3) is 4.54. The van der Waals surface area contributed by atoms with Crippen molar-refractivity contribution < 1.29 is 63.7 Å². The van der Waals surface area contributed by atoms with Gasteiger partial charge in [-0.2, -0.15) is 0 Å². The molecule has 2 atom stereocenters. The molecule has 0 saturated carbocycles. The van der Waals surface area contributed by atoms with Gasteiger partial charge in [-0.3, -0.25) is 19.3 Å². The van der Waals surface area contributed by atoms with E-state index >= 15 is 0 Å². The fourth-order valence-corrected chi connectivity index (χ4v) is 5.29. The van der Waals surface area contributed by atoms with Crippen LogP contribution in [0.5, 0.6) is 0 Å². The molecule has 1 fully saturated rings. The fraction of sp³-hybridized carbons (Fsp3) is 0.412. The monoisotopic (exact) mass is 448 g/mol. The second kappa shape index (κ2) is 9.63. The van der Waals surface area contributed by atoms with Crippen LogP contribution in [-0.4, -0.2) is 63.6 Å². The first-order valence-electron chi connectivity index (χ1n) is 8.26. The van der Waals surface area contributed by atoms with Crippen LogP contribution in [0.25, 0.3) is 0 Å². The van der Waals surface area contributed by atoms with Crippen molar-refractivity contribution in [2.24, 2.45) is 0 Å². The summed E-state index contributed by atoms with van der Waals surface area (Å²) >= 11 is 2.56. The number of hydrogen-bond donors (Lipinski definition) is 2. The van der Waals surface area contributed by atoms with Gasteiger partial charge in [0.1, 0.15) is 12.0 Å². The van der Waals surface area contributed by atoms with Gasteiger partial charge in [0.05, 0.1) is 24.7 Å². The molecule has 3 heterocycles. The Labute approximate surface area is 196 Å². The number of fused-ring (bicyclic) bond motifs is 1. The van der Waals surface area contributed by atoms with Gasteiger partial charge >= 0.3 is 35.5 Å². The normalized spacial score (nSPS) is 22.9. The number of rotatable bonds is 7. The average molecular weight is 448 g/mol. The van der Waals surface area contributed by atoms with Crippen LogP contribution in [0.4, 0.5) is 0 Å². The maximum atomic E-state index is 12.8. The van der Waals surface area contributed by atoms with E-state index < -0.39 is 41.3 Å². The largest absolute Gasteiger partial charge is 1.00 e. The predicted molar refractivity (Wildman–Crippen MR) is 97.7 cm³/mol. The standard InChI is InChI=1S/C17H18N2O7S2.Na/c1-9(21)26-6-10-7-28-16-17(8-20,15(25)19(16)13(10)14(23)24)18-12(22)5-11-3-2-4-27-11;/h2-4,16,20H,5-8H2,1H3,(H,18,22)(H,23,24);/q;+1/p-1/t16-,17-;/m1./s1. The first kappa shape index (κ1) is 23.9. The number of carboxylic acids is 1. The van der Waals surface area contributed by atoms with Gasteiger partial charge in [-0.05, 0) is 11.4 Å². The maximum Gasteiger partial charge on any atom is 1.00 e. The number of carbonyl (C=O) groups is 4. The molecule has 3 rings (SSSR count). The summed E-state index contributed by atoms with van der Waals surface area (Å²) in [5.74, 6) is -3.22. The molecular weight excluding hydrogens is 431 g/mol. The predicted octanol–water partition coefficient (Wildman–Crippen LogP) is -4.38. The minimum absolute atomic E-state index is 0. The average Bonchev–Trinajstić information content (AvgIpc) is 3.15.